The van der Waals surface area contributed by atoms with E-state index in [9.17, 15) is 9.18 Å². The molecule has 0 radical (unpaired) electrons. The smallest absolute Gasteiger partial charge is 0.251 e. The number of amides is 1. The standard InChI is InChI=1S/C16H14FN5O/c1-10-2-3-11(8-14(10)17)9-18-16(23)13-6-4-12(5-7-13)15-19-21-22-20-15/h2-8H,9H2,1H3,(H,18,23)(H,19,20,21,22). The summed E-state index contributed by atoms with van der Waals surface area (Å²) in [6.45, 7) is 1.96. The predicted octanol–water partition coefficient (Wildman–Crippen LogP) is 2.24. The van der Waals surface area contributed by atoms with Crippen LogP contribution in [0.2, 0.25) is 0 Å². The number of nitrogens with one attached hydrogen (secondary N) is 2. The summed E-state index contributed by atoms with van der Waals surface area (Å²) >= 11 is 0. The van der Waals surface area contributed by atoms with Crippen LogP contribution in [0, 0.1) is 12.7 Å². The summed E-state index contributed by atoms with van der Waals surface area (Å²) in [5.41, 5.74) is 2.56. The molecule has 1 heterocycles. The average molecular weight is 311 g/mol. The number of aromatic nitrogens is 4. The molecule has 7 heteroatoms. The lowest BCUT2D eigenvalue weighted by molar-refractivity contribution is 0.0951. The second kappa shape index (κ2) is 6.35. The van der Waals surface area contributed by atoms with Crippen LogP contribution in [0.3, 0.4) is 0 Å². The van der Waals surface area contributed by atoms with Crippen molar-refractivity contribution < 1.29 is 9.18 Å². The molecule has 6 nitrogen and oxygen atoms in total. The molecule has 0 aliphatic rings. The van der Waals surface area contributed by atoms with E-state index in [4.69, 9.17) is 0 Å². The lowest BCUT2D eigenvalue weighted by atomic mass is 10.1. The zero-order chi connectivity index (χ0) is 16.2. The van der Waals surface area contributed by atoms with E-state index in [-0.39, 0.29) is 18.3 Å². The number of carbonyl (C=O) groups is 1. The van der Waals surface area contributed by atoms with Crippen molar-refractivity contribution in [2.45, 2.75) is 13.5 Å². The Morgan fingerprint density at radius 3 is 2.65 bits per heavy atom. The van der Waals surface area contributed by atoms with Crippen molar-refractivity contribution in [3.8, 4) is 11.4 Å². The van der Waals surface area contributed by atoms with Gasteiger partial charge in [0.05, 0.1) is 0 Å². The Kier molecular flexibility index (Phi) is 4.09. The van der Waals surface area contributed by atoms with Gasteiger partial charge in [0.2, 0.25) is 5.82 Å². The number of nitrogens with zero attached hydrogens (tertiary/aromatic N) is 3. The van der Waals surface area contributed by atoms with Crippen LogP contribution in [0.5, 0.6) is 0 Å². The first-order valence-corrected chi connectivity index (χ1v) is 7.00. The predicted molar refractivity (Wildman–Crippen MR) is 81.9 cm³/mol. The SMILES string of the molecule is Cc1ccc(CNC(=O)c2ccc(-c3nn[nH]n3)cc2)cc1F. The molecule has 3 aromatic rings. The molecule has 0 atom stereocenters. The van der Waals surface area contributed by atoms with Gasteiger partial charge in [0.1, 0.15) is 5.82 Å². The molecule has 2 N–H and O–H groups in total. The Hall–Kier alpha value is -3.09. The van der Waals surface area contributed by atoms with Crippen molar-refractivity contribution in [1.82, 2.24) is 25.9 Å². The van der Waals surface area contributed by atoms with Gasteiger partial charge >= 0.3 is 0 Å². The molecule has 23 heavy (non-hydrogen) atoms. The normalized spacial score (nSPS) is 10.5. The van der Waals surface area contributed by atoms with Crippen molar-refractivity contribution >= 4 is 5.91 Å². The van der Waals surface area contributed by atoms with Crippen molar-refractivity contribution in [2.24, 2.45) is 0 Å². The van der Waals surface area contributed by atoms with E-state index >= 15 is 0 Å². The van der Waals surface area contributed by atoms with Crippen LogP contribution in [-0.4, -0.2) is 26.5 Å². The summed E-state index contributed by atoms with van der Waals surface area (Å²) in [6.07, 6.45) is 0. The minimum Gasteiger partial charge on any atom is -0.348 e. The highest BCUT2D eigenvalue weighted by molar-refractivity contribution is 5.94. The van der Waals surface area contributed by atoms with E-state index in [0.29, 0.717) is 22.5 Å². The first-order chi connectivity index (χ1) is 11.1. The summed E-state index contributed by atoms with van der Waals surface area (Å²) in [7, 11) is 0. The van der Waals surface area contributed by atoms with Gasteiger partial charge in [0.15, 0.2) is 0 Å². The van der Waals surface area contributed by atoms with E-state index in [1.165, 1.54) is 6.07 Å². The third kappa shape index (κ3) is 3.39. The molecule has 2 aromatic carbocycles. The summed E-state index contributed by atoms with van der Waals surface area (Å²) < 4.78 is 13.5. The lowest BCUT2D eigenvalue weighted by Gasteiger charge is -2.07. The second-order valence-electron chi connectivity index (χ2n) is 5.08. The van der Waals surface area contributed by atoms with E-state index in [1.54, 1.807) is 43.3 Å². The van der Waals surface area contributed by atoms with Crippen LogP contribution in [0.15, 0.2) is 42.5 Å². The van der Waals surface area contributed by atoms with Crippen LogP contribution < -0.4 is 5.32 Å². The minimum absolute atomic E-state index is 0.231. The molecule has 1 aromatic heterocycles. The fourth-order valence-corrected chi connectivity index (χ4v) is 2.09. The third-order valence-corrected chi connectivity index (χ3v) is 3.44. The van der Waals surface area contributed by atoms with Crippen molar-refractivity contribution in [2.75, 3.05) is 0 Å². The average Bonchev–Trinajstić information content (AvgIpc) is 3.10. The maximum Gasteiger partial charge on any atom is 0.251 e. The Morgan fingerprint density at radius 1 is 1.22 bits per heavy atom. The highest BCUT2D eigenvalue weighted by Gasteiger charge is 2.08. The number of hydrogen-bond acceptors (Lipinski definition) is 4. The van der Waals surface area contributed by atoms with Gasteiger partial charge in [-0.25, -0.2) is 4.39 Å². The number of carbonyl (C=O) groups excluding carboxylic acids is 1. The van der Waals surface area contributed by atoms with Gasteiger partial charge in [-0.2, -0.15) is 5.21 Å². The van der Waals surface area contributed by atoms with Crippen LogP contribution in [-0.2, 0) is 6.54 Å². The number of aromatic amines is 1. The quantitative estimate of drug-likeness (QED) is 0.774. The van der Waals surface area contributed by atoms with E-state index in [0.717, 1.165) is 5.56 Å². The number of benzene rings is 2. The monoisotopic (exact) mass is 311 g/mol. The zero-order valence-corrected chi connectivity index (χ0v) is 12.4. The molecule has 0 saturated heterocycles. The third-order valence-electron chi connectivity index (χ3n) is 3.44. The molecule has 0 spiro atoms. The molecular formula is C16H14FN5O. The Bertz CT molecular complexity index is 815. The lowest BCUT2D eigenvalue weighted by Crippen LogP contribution is -2.22. The molecular weight excluding hydrogens is 297 g/mol. The van der Waals surface area contributed by atoms with E-state index in [1.807, 2.05) is 0 Å². The molecule has 3 rings (SSSR count). The number of hydrogen-bond donors (Lipinski definition) is 2. The van der Waals surface area contributed by atoms with Crippen LogP contribution in [0.4, 0.5) is 4.39 Å². The summed E-state index contributed by atoms with van der Waals surface area (Å²) in [5.74, 6) is -0.0426. The summed E-state index contributed by atoms with van der Waals surface area (Å²) in [6, 6.07) is 11.7. The van der Waals surface area contributed by atoms with Gasteiger partial charge in [-0.3, -0.25) is 4.79 Å². The molecule has 0 bridgehead atoms. The number of rotatable bonds is 4. The van der Waals surface area contributed by atoms with Gasteiger partial charge < -0.3 is 5.32 Å². The van der Waals surface area contributed by atoms with Crippen molar-refractivity contribution in [3.05, 3.63) is 65.0 Å². The zero-order valence-electron chi connectivity index (χ0n) is 12.4. The number of aryl methyl sites for hydroxylation is 1. The van der Waals surface area contributed by atoms with Gasteiger partial charge in [-0.1, -0.05) is 24.3 Å². The molecule has 0 saturated carbocycles. The number of tetrazole rings is 1. The minimum atomic E-state index is -0.277. The Balaban J connectivity index is 1.65. The molecule has 116 valence electrons. The maximum absolute atomic E-state index is 13.5. The highest BCUT2D eigenvalue weighted by atomic mass is 19.1. The fraction of sp³-hybridized carbons (Fsp3) is 0.125. The first kappa shape index (κ1) is 14.8. The van der Waals surface area contributed by atoms with Crippen LogP contribution in [0.25, 0.3) is 11.4 Å². The number of H-pyrrole nitrogens is 1. The Morgan fingerprint density at radius 2 is 2.00 bits per heavy atom. The maximum atomic E-state index is 13.5. The summed E-state index contributed by atoms with van der Waals surface area (Å²) in [5, 5.41) is 16.4. The topological polar surface area (TPSA) is 83.6 Å². The van der Waals surface area contributed by atoms with Gasteiger partial charge in [0.25, 0.3) is 5.91 Å². The molecule has 1 amide bonds. The highest BCUT2D eigenvalue weighted by Crippen LogP contribution is 2.14. The van der Waals surface area contributed by atoms with Crippen molar-refractivity contribution in [1.29, 1.82) is 0 Å². The molecule has 0 aliphatic carbocycles. The van der Waals surface area contributed by atoms with Gasteiger partial charge in [-0.05, 0) is 41.5 Å². The van der Waals surface area contributed by atoms with E-state index < -0.39 is 0 Å². The molecule has 0 unspecified atom stereocenters. The largest absolute Gasteiger partial charge is 0.348 e. The van der Waals surface area contributed by atoms with Crippen molar-refractivity contribution in [3.63, 3.8) is 0 Å². The first-order valence-electron chi connectivity index (χ1n) is 7.00. The molecule has 0 aliphatic heterocycles. The van der Waals surface area contributed by atoms with Gasteiger partial charge in [0, 0.05) is 17.7 Å². The van der Waals surface area contributed by atoms with Crippen LogP contribution in [0.1, 0.15) is 21.5 Å². The molecule has 0 fully saturated rings. The fourth-order valence-electron chi connectivity index (χ4n) is 2.09. The van der Waals surface area contributed by atoms with Gasteiger partial charge in [-0.15, -0.1) is 10.2 Å². The summed E-state index contributed by atoms with van der Waals surface area (Å²) in [4.78, 5) is 12.1. The van der Waals surface area contributed by atoms with Crippen LogP contribution >= 0.6 is 0 Å². The second-order valence-corrected chi connectivity index (χ2v) is 5.08. The number of halogens is 1. The Labute approximate surface area is 131 Å². The van der Waals surface area contributed by atoms with E-state index in [2.05, 4.69) is 25.9 Å².